The molecule has 0 aromatic heterocycles. The predicted octanol–water partition coefficient (Wildman–Crippen LogP) is 5.86. The molecule has 0 unspecified atom stereocenters. The predicted molar refractivity (Wildman–Crippen MR) is 152 cm³/mol. The molecular formula is C31H28FN3O4S. The maximum Gasteiger partial charge on any atom is 0.338 e. The van der Waals surface area contributed by atoms with Gasteiger partial charge in [0.1, 0.15) is 18.2 Å². The fourth-order valence-electron chi connectivity index (χ4n) is 4.60. The van der Waals surface area contributed by atoms with E-state index in [1.54, 1.807) is 19.1 Å². The molecule has 0 aliphatic carbocycles. The minimum atomic E-state index is -0.564. The Bertz CT molecular complexity index is 1500. The van der Waals surface area contributed by atoms with Gasteiger partial charge in [0.25, 0.3) is 0 Å². The first-order valence-corrected chi connectivity index (χ1v) is 13.6. The van der Waals surface area contributed by atoms with Gasteiger partial charge >= 0.3 is 5.97 Å². The summed E-state index contributed by atoms with van der Waals surface area (Å²) in [5.74, 6) is -0.368. The molecule has 1 atom stereocenters. The van der Waals surface area contributed by atoms with Crippen molar-refractivity contribution >= 4 is 28.8 Å². The zero-order valence-electron chi connectivity index (χ0n) is 22.1. The van der Waals surface area contributed by atoms with Crippen LogP contribution in [0.3, 0.4) is 0 Å². The van der Waals surface area contributed by atoms with Crippen LogP contribution in [0.4, 0.5) is 4.39 Å². The van der Waals surface area contributed by atoms with Gasteiger partial charge in [0.15, 0.2) is 5.17 Å². The summed E-state index contributed by atoms with van der Waals surface area (Å²) < 4.78 is 24.4. The summed E-state index contributed by atoms with van der Waals surface area (Å²) in [5, 5.41) is 5.44. The van der Waals surface area contributed by atoms with Crippen LogP contribution in [0.25, 0.3) is 0 Å². The number of aliphatic imine (C=N–C) groups is 1. The highest BCUT2D eigenvalue weighted by Gasteiger charge is 2.41. The Balaban J connectivity index is 1.39. The molecule has 0 radical (unpaired) electrons. The topological polar surface area (TPSA) is 80.2 Å². The number of amides is 1. The number of amidine groups is 1. The van der Waals surface area contributed by atoms with Gasteiger partial charge in [-0.2, -0.15) is 0 Å². The number of esters is 1. The number of fused-ring (bicyclic) bond motifs is 1. The van der Waals surface area contributed by atoms with E-state index in [-0.39, 0.29) is 24.7 Å². The van der Waals surface area contributed by atoms with Gasteiger partial charge in [-0.1, -0.05) is 66.4 Å². The Hall–Kier alpha value is -4.37. The van der Waals surface area contributed by atoms with Crippen molar-refractivity contribution < 1.29 is 23.5 Å². The summed E-state index contributed by atoms with van der Waals surface area (Å²) in [6, 6.07) is 22.9. The second kappa shape index (κ2) is 12.2. The summed E-state index contributed by atoms with van der Waals surface area (Å²) in [6.07, 6.45) is 0.0708. The van der Waals surface area contributed by atoms with Crippen LogP contribution in [0.1, 0.15) is 36.1 Å². The monoisotopic (exact) mass is 557 g/mol. The molecule has 9 heteroatoms. The molecular weight excluding hydrogens is 529 g/mol. The van der Waals surface area contributed by atoms with E-state index < -0.39 is 12.0 Å². The van der Waals surface area contributed by atoms with E-state index in [0.29, 0.717) is 34.5 Å². The lowest BCUT2D eigenvalue weighted by atomic mass is 9.93. The molecule has 2 heterocycles. The van der Waals surface area contributed by atoms with E-state index in [4.69, 9.17) is 9.47 Å². The second-order valence-electron chi connectivity index (χ2n) is 9.31. The molecule has 0 fully saturated rings. The lowest BCUT2D eigenvalue weighted by molar-refractivity contribution is -0.136. The van der Waals surface area contributed by atoms with E-state index in [1.807, 2.05) is 64.9 Å². The van der Waals surface area contributed by atoms with Gasteiger partial charge in [-0.25, -0.2) is 14.2 Å². The van der Waals surface area contributed by atoms with Crippen LogP contribution < -0.4 is 10.1 Å². The maximum absolute atomic E-state index is 13.2. The number of carbonyl (C=O) groups excluding carboxylic acids is 2. The Morgan fingerprint density at radius 2 is 1.80 bits per heavy atom. The lowest BCUT2D eigenvalue weighted by Crippen LogP contribution is -2.37. The largest absolute Gasteiger partial charge is 0.489 e. The standard InChI is InChI=1S/C31H28FN3O4S/c1-20-28(30(37)38-2)29(23-9-6-10-26(15-23)39-18-22-7-4-3-5-8-22)35-25(19-40-31(35)34-20)16-27(36)33-17-21-11-13-24(32)14-12-21/h3-15,19,29H,16-18H2,1-2H3,(H,33,36)/t29-/m0/s1. The SMILES string of the molecule is COC(=O)C1=C(C)N=C2SC=C(CC(=O)NCc3ccc(F)cc3)N2[C@H]1c1cccc(OCc2ccccc2)c1. The van der Waals surface area contributed by atoms with E-state index in [1.165, 1.54) is 31.0 Å². The minimum absolute atomic E-state index is 0.0708. The number of thioether (sulfide) groups is 1. The average Bonchev–Trinajstić information content (AvgIpc) is 3.36. The molecule has 0 bridgehead atoms. The first-order valence-electron chi connectivity index (χ1n) is 12.7. The number of carbonyl (C=O) groups is 2. The van der Waals surface area contributed by atoms with Gasteiger partial charge in [-0.3, -0.25) is 4.79 Å². The van der Waals surface area contributed by atoms with E-state index in [9.17, 15) is 14.0 Å². The van der Waals surface area contributed by atoms with E-state index in [0.717, 1.165) is 16.7 Å². The number of allylic oxidation sites excluding steroid dienone is 1. The molecule has 3 aromatic rings. The Labute approximate surface area is 236 Å². The number of methoxy groups -OCH3 is 1. The number of rotatable bonds is 9. The second-order valence-corrected chi connectivity index (χ2v) is 10.1. The third-order valence-electron chi connectivity index (χ3n) is 6.57. The molecule has 0 spiro atoms. The van der Waals surface area contributed by atoms with Crippen LogP contribution in [0.2, 0.25) is 0 Å². The zero-order chi connectivity index (χ0) is 28.1. The van der Waals surface area contributed by atoms with Gasteiger partial charge in [0.05, 0.1) is 30.8 Å². The fraction of sp³-hybridized carbons (Fsp3) is 0.194. The molecule has 40 heavy (non-hydrogen) atoms. The van der Waals surface area contributed by atoms with Gasteiger partial charge in [-0.15, -0.1) is 0 Å². The van der Waals surface area contributed by atoms with Crippen molar-refractivity contribution in [1.29, 1.82) is 0 Å². The minimum Gasteiger partial charge on any atom is -0.489 e. The molecule has 0 saturated heterocycles. The summed E-state index contributed by atoms with van der Waals surface area (Å²) in [4.78, 5) is 32.5. The summed E-state index contributed by atoms with van der Waals surface area (Å²) >= 11 is 1.40. The number of nitrogens with zero attached hydrogens (tertiary/aromatic N) is 2. The number of hydrogen-bond acceptors (Lipinski definition) is 7. The van der Waals surface area contributed by atoms with Crippen molar-refractivity contribution in [3.05, 3.63) is 124 Å². The Kier molecular flexibility index (Phi) is 8.31. The third kappa shape index (κ3) is 6.10. The highest BCUT2D eigenvalue weighted by molar-refractivity contribution is 8.16. The molecule has 2 aliphatic heterocycles. The van der Waals surface area contributed by atoms with E-state index in [2.05, 4.69) is 10.3 Å². The van der Waals surface area contributed by atoms with Gasteiger partial charge in [-0.05, 0) is 53.3 Å². The molecule has 204 valence electrons. The summed E-state index contributed by atoms with van der Waals surface area (Å²) in [7, 11) is 1.34. The number of ether oxygens (including phenoxy) is 2. The van der Waals surface area contributed by atoms with Crippen molar-refractivity contribution in [1.82, 2.24) is 10.2 Å². The lowest BCUT2D eigenvalue weighted by Gasteiger charge is -2.36. The number of nitrogens with one attached hydrogen (secondary N) is 1. The van der Waals surface area contributed by atoms with Crippen LogP contribution in [0, 0.1) is 5.82 Å². The summed E-state index contributed by atoms with van der Waals surface area (Å²) in [6.45, 7) is 2.46. The van der Waals surface area contributed by atoms with Crippen LogP contribution in [0.15, 0.2) is 106 Å². The average molecular weight is 558 g/mol. The van der Waals surface area contributed by atoms with Crippen LogP contribution in [-0.2, 0) is 27.5 Å². The first-order chi connectivity index (χ1) is 19.4. The van der Waals surface area contributed by atoms with Crippen molar-refractivity contribution in [3.8, 4) is 5.75 Å². The highest BCUT2D eigenvalue weighted by atomic mass is 32.2. The number of benzene rings is 3. The maximum atomic E-state index is 13.2. The van der Waals surface area contributed by atoms with Gasteiger partial charge < -0.3 is 19.7 Å². The van der Waals surface area contributed by atoms with Crippen LogP contribution in [0.5, 0.6) is 5.75 Å². The highest BCUT2D eigenvalue weighted by Crippen LogP contribution is 2.45. The fourth-order valence-corrected chi connectivity index (χ4v) is 5.57. The van der Waals surface area contributed by atoms with Crippen molar-refractivity contribution in [3.63, 3.8) is 0 Å². The molecule has 1 N–H and O–H groups in total. The normalized spacial score (nSPS) is 16.2. The molecule has 2 aliphatic rings. The third-order valence-corrected chi connectivity index (χ3v) is 7.46. The van der Waals surface area contributed by atoms with Crippen LogP contribution >= 0.6 is 11.8 Å². The molecule has 3 aromatic carbocycles. The number of halogens is 1. The summed E-state index contributed by atoms with van der Waals surface area (Å²) in [5.41, 5.74) is 4.29. The van der Waals surface area contributed by atoms with Crippen LogP contribution in [-0.4, -0.2) is 29.1 Å². The molecule has 5 rings (SSSR count). The van der Waals surface area contributed by atoms with Crippen molar-refractivity contribution in [2.45, 2.75) is 32.5 Å². The molecule has 7 nitrogen and oxygen atoms in total. The molecule has 1 amide bonds. The van der Waals surface area contributed by atoms with Crippen molar-refractivity contribution in [2.75, 3.05) is 7.11 Å². The number of hydrogen-bond donors (Lipinski definition) is 1. The first kappa shape index (κ1) is 27.2. The van der Waals surface area contributed by atoms with Gasteiger partial charge in [0.2, 0.25) is 5.91 Å². The Morgan fingerprint density at radius 3 is 2.55 bits per heavy atom. The smallest absolute Gasteiger partial charge is 0.338 e. The quantitative estimate of drug-likeness (QED) is 0.332. The zero-order valence-corrected chi connectivity index (χ0v) is 22.9. The molecule has 0 saturated carbocycles. The van der Waals surface area contributed by atoms with Crippen molar-refractivity contribution in [2.24, 2.45) is 4.99 Å². The van der Waals surface area contributed by atoms with E-state index >= 15 is 0 Å². The van der Waals surface area contributed by atoms with Gasteiger partial charge in [0, 0.05) is 12.2 Å². The Morgan fingerprint density at radius 1 is 1.02 bits per heavy atom.